The molecule has 0 fully saturated rings. The molecule has 3 aromatic rings. The van der Waals surface area contributed by atoms with E-state index in [0.29, 0.717) is 9.99 Å². The second-order valence-corrected chi connectivity index (χ2v) is 8.85. The smallest absolute Gasteiger partial charge is 0.267 e. The molecule has 0 radical (unpaired) electrons. The van der Waals surface area contributed by atoms with Crippen LogP contribution in [-0.4, -0.2) is 24.2 Å². The maximum absolute atomic E-state index is 12.4. The van der Waals surface area contributed by atoms with E-state index in [1.54, 1.807) is 7.11 Å². The lowest BCUT2D eigenvalue weighted by Crippen LogP contribution is -2.33. The summed E-state index contributed by atoms with van der Waals surface area (Å²) in [6.45, 7) is 4.03. The first-order chi connectivity index (χ1) is 15.5. The summed E-state index contributed by atoms with van der Waals surface area (Å²) in [5.74, 6) is -0.174. The van der Waals surface area contributed by atoms with Crippen LogP contribution in [-0.2, 0) is 4.74 Å². The van der Waals surface area contributed by atoms with E-state index < -0.39 is 0 Å². The molecule has 1 aliphatic carbocycles. The van der Waals surface area contributed by atoms with Crippen molar-refractivity contribution < 1.29 is 9.53 Å². The van der Waals surface area contributed by atoms with E-state index in [0.717, 1.165) is 21.3 Å². The summed E-state index contributed by atoms with van der Waals surface area (Å²) in [6.07, 6.45) is 9.20. The lowest BCUT2D eigenvalue weighted by Gasteiger charge is -2.12. The average Bonchev–Trinajstić information content (AvgIpc) is 3.17. The molecule has 1 aliphatic rings. The molecule has 0 saturated heterocycles. The number of fused-ring (bicyclic) bond motifs is 1. The van der Waals surface area contributed by atoms with Gasteiger partial charge in [0.2, 0.25) is 0 Å². The van der Waals surface area contributed by atoms with Gasteiger partial charge in [-0.3, -0.25) is 10.1 Å². The minimum absolute atomic E-state index is 0.174. The number of rotatable bonds is 4. The number of hydrogen-bond acceptors (Lipinski definition) is 4. The third-order valence-corrected chi connectivity index (χ3v) is 6.63. The van der Waals surface area contributed by atoms with E-state index in [-0.39, 0.29) is 12.0 Å². The van der Waals surface area contributed by atoms with Crippen LogP contribution >= 0.6 is 23.6 Å². The molecule has 1 atom stereocenters. The van der Waals surface area contributed by atoms with Crippen LogP contribution in [0.15, 0.2) is 78.4 Å². The Labute approximate surface area is 199 Å². The molecule has 2 aromatic carbocycles. The molecule has 1 amide bonds. The van der Waals surface area contributed by atoms with Crippen LogP contribution in [0.25, 0.3) is 10.1 Å². The number of anilines is 1. The first-order valence-electron chi connectivity index (χ1n) is 10.5. The zero-order valence-electron chi connectivity index (χ0n) is 18.6. The van der Waals surface area contributed by atoms with Gasteiger partial charge in [-0.2, -0.15) is 0 Å². The van der Waals surface area contributed by atoms with Gasteiger partial charge in [-0.15, -0.1) is 11.3 Å². The maximum Gasteiger partial charge on any atom is 0.267 e. The highest BCUT2D eigenvalue weighted by atomic mass is 32.1. The predicted octanol–water partition coefficient (Wildman–Crippen LogP) is 6.63. The molecule has 0 bridgehead atoms. The van der Waals surface area contributed by atoms with Crippen molar-refractivity contribution in [3.63, 3.8) is 0 Å². The fraction of sp³-hybridized carbons (Fsp3) is 0.231. The predicted molar refractivity (Wildman–Crippen MR) is 140 cm³/mol. The zero-order valence-corrected chi connectivity index (χ0v) is 20.2. The monoisotopic (exact) mass is 464 g/mol. The summed E-state index contributed by atoms with van der Waals surface area (Å²) in [7, 11) is 1.74. The third-order valence-electron chi connectivity index (χ3n) is 5.16. The second-order valence-electron chi connectivity index (χ2n) is 7.39. The van der Waals surface area contributed by atoms with Crippen molar-refractivity contribution >= 4 is 50.3 Å². The first-order valence-corrected chi connectivity index (χ1v) is 11.8. The van der Waals surface area contributed by atoms with Crippen LogP contribution in [0, 0.1) is 6.92 Å². The molecule has 0 saturated carbocycles. The Morgan fingerprint density at radius 3 is 2.47 bits per heavy atom. The second kappa shape index (κ2) is 11.7. The van der Waals surface area contributed by atoms with Crippen molar-refractivity contribution in [1.82, 2.24) is 5.32 Å². The molecule has 1 aromatic heterocycles. The molecule has 0 aliphatic heterocycles. The van der Waals surface area contributed by atoms with Gasteiger partial charge >= 0.3 is 0 Å². The number of ether oxygens (including phenoxy) is 1. The summed E-state index contributed by atoms with van der Waals surface area (Å²) in [5.41, 5.74) is 3.15. The number of hydrogen-bond donors (Lipinski definition) is 2. The van der Waals surface area contributed by atoms with Crippen molar-refractivity contribution in [3.8, 4) is 0 Å². The Kier molecular flexibility index (Phi) is 8.73. The number of carbonyl (C=O) groups excluding carboxylic acids is 1. The standard InChI is InChI=1S/C17H14N2OS2.C9H14O/c1-11-13-9-5-6-10-14(13)22-15(11)16(20)19-17(21)18-12-7-3-2-4-8-12;1-8(10-2)9-6-4-3-5-7-9/h2-10H,1H3,(H2,18,19,20,21);4,6-8H,3,5H2,1-2H3/t;8-/m.1/s1. The number of amides is 1. The maximum atomic E-state index is 12.4. The van der Waals surface area contributed by atoms with Crippen LogP contribution in [0.3, 0.4) is 0 Å². The highest BCUT2D eigenvalue weighted by molar-refractivity contribution is 7.80. The minimum Gasteiger partial charge on any atom is -0.377 e. The van der Waals surface area contributed by atoms with Crippen LogP contribution < -0.4 is 10.6 Å². The topological polar surface area (TPSA) is 50.4 Å². The molecule has 2 N–H and O–H groups in total. The highest BCUT2D eigenvalue weighted by Crippen LogP contribution is 2.30. The van der Waals surface area contributed by atoms with Gasteiger partial charge in [0, 0.05) is 17.5 Å². The van der Waals surface area contributed by atoms with E-state index in [2.05, 4.69) is 35.8 Å². The van der Waals surface area contributed by atoms with Gasteiger partial charge in [-0.05, 0) is 73.6 Å². The number of aryl methyl sites for hydroxylation is 1. The Morgan fingerprint density at radius 1 is 1.09 bits per heavy atom. The summed E-state index contributed by atoms with van der Waals surface area (Å²) >= 11 is 6.68. The molecule has 32 heavy (non-hydrogen) atoms. The number of methoxy groups -OCH3 is 1. The Hall–Kier alpha value is -2.80. The van der Waals surface area contributed by atoms with Crippen molar-refractivity contribution in [3.05, 3.63) is 88.8 Å². The molecule has 6 heteroatoms. The summed E-state index contributed by atoms with van der Waals surface area (Å²) in [6, 6.07) is 17.5. The van der Waals surface area contributed by atoms with Gasteiger partial charge in [-0.25, -0.2) is 0 Å². The third kappa shape index (κ3) is 6.36. The van der Waals surface area contributed by atoms with E-state index in [9.17, 15) is 4.79 Å². The quantitative estimate of drug-likeness (QED) is 0.425. The number of benzene rings is 2. The van der Waals surface area contributed by atoms with Gasteiger partial charge in [-0.1, -0.05) is 54.6 Å². The number of nitrogens with one attached hydrogen (secondary N) is 2. The fourth-order valence-electron chi connectivity index (χ4n) is 3.31. The SMILES string of the molecule is CO[C@H](C)C1=CCCC=C1.Cc1c(C(=O)NC(=S)Nc2ccccc2)sc2ccccc12. The van der Waals surface area contributed by atoms with Gasteiger partial charge in [0.1, 0.15) is 0 Å². The van der Waals surface area contributed by atoms with Gasteiger partial charge in [0.05, 0.1) is 11.0 Å². The van der Waals surface area contributed by atoms with Crippen LogP contribution in [0.5, 0.6) is 0 Å². The van der Waals surface area contributed by atoms with E-state index in [1.807, 2.05) is 61.5 Å². The lowest BCUT2D eigenvalue weighted by atomic mass is 10.0. The lowest BCUT2D eigenvalue weighted by molar-refractivity contribution is 0.0981. The van der Waals surface area contributed by atoms with E-state index in [1.165, 1.54) is 29.8 Å². The molecule has 166 valence electrons. The van der Waals surface area contributed by atoms with Crippen molar-refractivity contribution in [2.24, 2.45) is 0 Å². The van der Waals surface area contributed by atoms with E-state index >= 15 is 0 Å². The van der Waals surface area contributed by atoms with Crippen LogP contribution in [0.1, 0.15) is 35.0 Å². The largest absolute Gasteiger partial charge is 0.377 e. The summed E-state index contributed by atoms with van der Waals surface area (Å²) < 4.78 is 6.27. The zero-order chi connectivity index (χ0) is 22.9. The Morgan fingerprint density at radius 2 is 1.81 bits per heavy atom. The normalized spacial score (nSPS) is 13.5. The first kappa shape index (κ1) is 23.9. The molecule has 0 spiro atoms. The van der Waals surface area contributed by atoms with Crippen molar-refractivity contribution in [1.29, 1.82) is 0 Å². The van der Waals surface area contributed by atoms with E-state index in [4.69, 9.17) is 17.0 Å². The van der Waals surface area contributed by atoms with Crippen molar-refractivity contribution in [2.45, 2.75) is 32.8 Å². The molecular weight excluding hydrogens is 436 g/mol. The number of para-hydroxylation sites is 1. The number of carbonyl (C=O) groups is 1. The Balaban J connectivity index is 0.000000243. The molecule has 4 nitrogen and oxygen atoms in total. The number of thiophene rings is 1. The fourth-order valence-corrected chi connectivity index (χ4v) is 4.62. The molecule has 1 heterocycles. The Bertz CT molecular complexity index is 1130. The van der Waals surface area contributed by atoms with Gasteiger partial charge in [0.15, 0.2) is 5.11 Å². The summed E-state index contributed by atoms with van der Waals surface area (Å²) in [5, 5.41) is 7.15. The van der Waals surface area contributed by atoms with Crippen LogP contribution in [0.4, 0.5) is 5.69 Å². The molecule has 0 unspecified atom stereocenters. The van der Waals surface area contributed by atoms with Crippen molar-refractivity contribution in [2.75, 3.05) is 12.4 Å². The highest BCUT2D eigenvalue weighted by Gasteiger charge is 2.16. The van der Waals surface area contributed by atoms with Gasteiger partial charge < -0.3 is 10.1 Å². The van der Waals surface area contributed by atoms with Gasteiger partial charge in [0.25, 0.3) is 5.91 Å². The minimum atomic E-state index is -0.174. The number of thiocarbonyl (C=S) groups is 1. The molecule has 4 rings (SSSR count). The average molecular weight is 465 g/mol. The molecular formula is C26H28N2O2S2. The summed E-state index contributed by atoms with van der Waals surface area (Å²) in [4.78, 5) is 13.1. The number of allylic oxidation sites excluding steroid dienone is 2. The van der Waals surface area contributed by atoms with Crippen LogP contribution in [0.2, 0.25) is 0 Å².